The van der Waals surface area contributed by atoms with Gasteiger partial charge in [-0.1, -0.05) is 23.2 Å². The third-order valence-electron chi connectivity index (χ3n) is 3.80. The maximum atomic E-state index is 12.3. The molecule has 1 aromatic carbocycles. The predicted molar refractivity (Wildman–Crippen MR) is 104 cm³/mol. The van der Waals surface area contributed by atoms with Crippen molar-refractivity contribution in [1.29, 1.82) is 0 Å². The number of likely N-dealkylation sites (N-methyl/N-ethyl adjacent to an activating group) is 1. The van der Waals surface area contributed by atoms with E-state index in [1.807, 2.05) is 6.07 Å². The Labute approximate surface area is 163 Å². The fourth-order valence-corrected chi connectivity index (χ4v) is 3.80. The first-order valence-electron chi connectivity index (χ1n) is 7.68. The second-order valence-electron chi connectivity index (χ2n) is 5.77. The molecule has 0 fully saturated rings. The van der Waals surface area contributed by atoms with Crippen molar-refractivity contribution in [3.63, 3.8) is 0 Å². The van der Waals surface area contributed by atoms with E-state index in [4.69, 9.17) is 32.4 Å². The minimum atomic E-state index is -0.450. The zero-order valence-electron chi connectivity index (χ0n) is 14.0. The number of carbonyl (C=O) groups excluding carboxylic acids is 1. The molecule has 2 heterocycles. The molecule has 136 valence electrons. The topological polar surface area (TPSA) is 59.8 Å². The van der Waals surface area contributed by atoms with E-state index in [1.165, 1.54) is 23.5 Å². The molecule has 8 heteroatoms. The average molecular weight is 412 g/mol. The average Bonchev–Trinajstić information content (AvgIpc) is 2.98. The number of benzene rings is 1. The highest BCUT2D eigenvalue weighted by atomic mass is 35.5. The van der Waals surface area contributed by atoms with Crippen LogP contribution in [0.4, 0.5) is 0 Å². The van der Waals surface area contributed by atoms with Gasteiger partial charge in [-0.15, -0.1) is 11.3 Å². The standard InChI is InChI=1S/C18H15Cl2NO4S/c1-10-5-18(23)25-14-7-15(13(19)6-12(10)14)24-9-17(22)21(2)8-11-3-4-16(20)26-11/h3-7H,8-9H2,1-2H3. The summed E-state index contributed by atoms with van der Waals surface area (Å²) in [4.78, 5) is 26.3. The van der Waals surface area contributed by atoms with Gasteiger partial charge in [-0.3, -0.25) is 4.79 Å². The Balaban J connectivity index is 1.71. The van der Waals surface area contributed by atoms with Gasteiger partial charge in [0.05, 0.1) is 15.9 Å². The van der Waals surface area contributed by atoms with Gasteiger partial charge < -0.3 is 14.1 Å². The van der Waals surface area contributed by atoms with E-state index in [2.05, 4.69) is 0 Å². The number of halogens is 2. The van der Waals surface area contributed by atoms with Crippen LogP contribution in [0.5, 0.6) is 5.75 Å². The number of amides is 1. The summed E-state index contributed by atoms with van der Waals surface area (Å²) in [6.45, 7) is 2.06. The molecule has 3 aromatic rings. The first kappa shape index (κ1) is 18.8. The Morgan fingerprint density at radius 2 is 2.04 bits per heavy atom. The van der Waals surface area contributed by atoms with Gasteiger partial charge >= 0.3 is 5.63 Å². The molecule has 2 aromatic heterocycles. The van der Waals surface area contributed by atoms with E-state index in [9.17, 15) is 9.59 Å². The van der Waals surface area contributed by atoms with Gasteiger partial charge in [0.2, 0.25) is 0 Å². The number of fused-ring (bicyclic) bond motifs is 1. The van der Waals surface area contributed by atoms with E-state index in [0.29, 0.717) is 21.5 Å². The summed E-state index contributed by atoms with van der Waals surface area (Å²) in [5.41, 5.74) is 0.673. The summed E-state index contributed by atoms with van der Waals surface area (Å²) in [6, 6.07) is 8.25. The van der Waals surface area contributed by atoms with Gasteiger partial charge in [0.25, 0.3) is 5.91 Å². The molecule has 1 amide bonds. The number of rotatable bonds is 5. The highest BCUT2D eigenvalue weighted by Crippen LogP contribution is 2.31. The Morgan fingerprint density at radius 1 is 1.27 bits per heavy atom. The lowest BCUT2D eigenvalue weighted by Gasteiger charge is -2.17. The monoisotopic (exact) mass is 411 g/mol. The van der Waals surface area contributed by atoms with Crippen LogP contribution < -0.4 is 10.4 Å². The number of aryl methyl sites for hydroxylation is 1. The van der Waals surface area contributed by atoms with Gasteiger partial charge in [0, 0.05) is 29.4 Å². The molecular weight excluding hydrogens is 397 g/mol. The molecule has 0 N–H and O–H groups in total. The third-order valence-corrected chi connectivity index (χ3v) is 5.31. The number of carbonyl (C=O) groups is 1. The lowest BCUT2D eigenvalue weighted by atomic mass is 10.1. The molecule has 0 radical (unpaired) electrons. The van der Waals surface area contributed by atoms with Crippen molar-refractivity contribution in [3.8, 4) is 5.75 Å². The van der Waals surface area contributed by atoms with Crippen molar-refractivity contribution in [1.82, 2.24) is 4.90 Å². The predicted octanol–water partition coefficient (Wildman–Crippen LogP) is 4.51. The fraction of sp³-hybridized carbons (Fsp3) is 0.222. The Hall–Kier alpha value is -2.02. The minimum Gasteiger partial charge on any atom is -0.482 e. The summed E-state index contributed by atoms with van der Waals surface area (Å²) in [6.07, 6.45) is 0. The van der Waals surface area contributed by atoms with Crippen LogP contribution >= 0.6 is 34.5 Å². The Bertz CT molecular complexity index is 1030. The fourth-order valence-electron chi connectivity index (χ4n) is 2.44. The van der Waals surface area contributed by atoms with E-state index in [1.54, 1.807) is 31.0 Å². The van der Waals surface area contributed by atoms with Gasteiger partial charge in [-0.05, 0) is 30.7 Å². The Kier molecular flexibility index (Phi) is 5.55. The van der Waals surface area contributed by atoms with Crippen molar-refractivity contribution in [2.45, 2.75) is 13.5 Å². The highest BCUT2D eigenvalue weighted by Gasteiger charge is 2.14. The molecule has 3 rings (SSSR count). The van der Waals surface area contributed by atoms with Gasteiger partial charge in [-0.2, -0.15) is 0 Å². The highest BCUT2D eigenvalue weighted by molar-refractivity contribution is 7.16. The zero-order chi connectivity index (χ0) is 18.8. The van der Waals surface area contributed by atoms with E-state index >= 15 is 0 Å². The molecule has 0 saturated heterocycles. The summed E-state index contributed by atoms with van der Waals surface area (Å²) in [5.74, 6) is 0.0743. The summed E-state index contributed by atoms with van der Waals surface area (Å²) in [7, 11) is 1.68. The second-order valence-corrected chi connectivity index (χ2v) is 7.98. The van der Waals surface area contributed by atoms with Crippen LogP contribution in [0.25, 0.3) is 11.0 Å². The molecule has 0 saturated carbocycles. The molecule has 26 heavy (non-hydrogen) atoms. The lowest BCUT2D eigenvalue weighted by molar-refractivity contribution is -0.132. The summed E-state index contributed by atoms with van der Waals surface area (Å²) in [5, 5.41) is 1.06. The number of ether oxygens (including phenoxy) is 1. The summed E-state index contributed by atoms with van der Waals surface area (Å²) >= 11 is 13.5. The van der Waals surface area contributed by atoms with Crippen molar-refractivity contribution in [3.05, 3.63) is 60.6 Å². The number of hydrogen-bond donors (Lipinski definition) is 0. The quantitative estimate of drug-likeness (QED) is 0.579. The molecule has 5 nitrogen and oxygen atoms in total. The summed E-state index contributed by atoms with van der Waals surface area (Å²) < 4.78 is 11.4. The first-order valence-corrected chi connectivity index (χ1v) is 9.25. The van der Waals surface area contributed by atoms with Crippen LogP contribution in [0, 0.1) is 6.92 Å². The maximum Gasteiger partial charge on any atom is 0.336 e. The van der Waals surface area contributed by atoms with E-state index < -0.39 is 5.63 Å². The maximum absolute atomic E-state index is 12.3. The normalized spacial score (nSPS) is 10.9. The molecular formula is C18H15Cl2NO4S. The molecule has 0 aliphatic carbocycles. The Morgan fingerprint density at radius 3 is 2.73 bits per heavy atom. The molecule has 0 unspecified atom stereocenters. The van der Waals surface area contributed by atoms with Crippen LogP contribution in [0.1, 0.15) is 10.4 Å². The van der Waals surface area contributed by atoms with Gasteiger partial charge in [0.1, 0.15) is 11.3 Å². The number of thiophene rings is 1. The molecule has 0 aliphatic heterocycles. The third kappa shape index (κ3) is 4.20. The number of nitrogens with zero attached hydrogens (tertiary/aromatic N) is 1. The lowest BCUT2D eigenvalue weighted by Crippen LogP contribution is -2.30. The van der Waals surface area contributed by atoms with Crippen molar-refractivity contribution in [2.24, 2.45) is 0 Å². The molecule has 0 bridgehead atoms. The molecule has 0 atom stereocenters. The zero-order valence-corrected chi connectivity index (χ0v) is 16.4. The van der Waals surface area contributed by atoms with Crippen LogP contribution in [0.2, 0.25) is 9.36 Å². The number of hydrogen-bond acceptors (Lipinski definition) is 5. The molecule has 0 aliphatic rings. The van der Waals surface area contributed by atoms with Crippen LogP contribution in [0.3, 0.4) is 0 Å². The van der Waals surface area contributed by atoms with E-state index in [-0.39, 0.29) is 18.3 Å². The van der Waals surface area contributed by atoms with Gasteiger partial charge in [0.15, 0.2) is 6.61 Å². The largest absolute Gasteiger partial charge is 0.482 e. The van der Waals surface area contributed by atoms with Crippen molar-refractivity contribution in [2.75, 3.05) is 13.7 Å². The SMILES string of the molecule is Cc1cc(=O)oc2cc(OCC(=O)N(C)Cc3ccc(Cl)s3)c(Cl)cc12. The van der Waals surface area contributed by atoms with E-state index in [0.717, 1.165) is 15.8 Å². The van der Waals surface area contributed by atoms with Crippen LogP contribution in [0.15, 0.2) is 39.5 Å². The van der Waals surface area contributed by atoms with Crippen LogP contribution in [-0.2, 0) is 11.3 Å². The van der Waals surface area contributed by atoms with Crippen molar-refractivity contribution < 1.29 is 13.9 Å². The van der Waals surface area contributed by atoms with Gasteiger partial charge in [-0.25, -0.2) is 4.79 Å². The molecule has 0 spiro atoms. The first-order chi connectivity index (χ1) is 12.3. The second kappa shape index (κ2) is 7.70. The van der Waals surface area contributed by atoms with Crippen molar-refractivity contribution >= 4 is 51.4 Å². The van der Waals surface area contributed by atoms with Crippen LogP contribution in [-0.4, -0.2) is 24.5 Å². The smallest absolute Gasteiger partial charge is 0.336 e. The minimum absolute atomic E-state index is 0.184.